The number of nitrogens with one attached hydrogen (secondary N) is 1. The predicted octanol–water partition coefficient (Wildman–Crippen LogP) is 2.55. The Hall–Kier alpha value is -5.13. The second-order valence-electron chi connectivity index (χ2n) is 8.98. The molecule has 12 nitrogen and oxygen atoms in total. The van der Waals surface area contributed by atoms with Crippen LogP contribution in [0.4, 0.5) is 5.69 Å². The lowest BCUT2D eigenvalue weighted by Gasteiger charge is -2.31. The third kappa shape index (κ3) is 6.06. The molecule has 4 rings (SSSR count). The fourth-order valence-electron chi connectivity index (χ4n) is 4.39. The highest BCUT2D eigenvalue weighted by atomic mass is 16.6. The average molecular weight is 532 g/mol. The van der Waals surface area contributed by atoms with Crippen molar-refractivity contribution in [3.8, 4) is 0 Å². The first-order valence-electron chi connectivity index (χ1n) is 12.0. The fraction of sp³-hybridized carbons (Fsp3) is 0.222. The van der Waals surface area contributed by atoms with Crippen molar-refractivity contribution in [2.75, 3.05) is 13.1 Å². The number of carboxylic acid groups (broad SMARTS) is 1. The standard InChI is InChI=1S/C27H25N5O7/c1-17-5-7-18(8-6-17)26(36)30-13-14-31(27(37)19-9-11-28-12-10-19)25(30)24(35)29-22(16-23(33)34)20-3-2-4-21(15-20)32(38)39/h2-12,15,22,25H,13-14,16H2,1H3,(H,29,35)(H,33,34). The van der Waals surface area contributed by atoms with Gasteiger partial charge in [0.2, 0.25) is 0 Å². The molecule has 0 spiro atoms. The summed E-state index contributed by atoms with van der Waals surface area (Å²) in [4.78, 5) is 69.2. The van der Waals surface area contributed by atoms with Gasteiger partial charge in [0.1, 0.15) is 0 Å². The summed E-state index contributed by atoms with van der Waals surface area (Å²) in [7, 11) is 0. The van der Waals surface area contributed by atoms with Crippen molar-refractivity contribution < 1.29 is 29.2 Å². The lowest BCUT2D eigenvalue weighted by Crippen LogP contribution is -2.54. The van der Waals surface area contributed by atoms with Gasteiger partial charge in [-0.15, -0.1) is 0 Å². The Labute approximate surface area is 223 Å². The first-order chi connectivity index (χ1) is 18.7. The number of hydrogen-bond acceptors (Lipinski definition) is 7. The van der Waals surface area contributed by atoms with Crippen LogP contribution in [0.15, 0.2) is 73.1 Å². The Morgan fingerprint density at radius 3 is 2.15 bits per heavy atom. The second-order valence-corrected chi connectivity index (χ2v) is 8.98. The summed E-state index contributed by atoms with van der Waals surface area (Å²) >= 11 is 0. The molecule has 0 bridgehead atoms. The fourth-order valence-corrected chi connectivity index (χ4v) is 4.39. The van der Waals surface area contributed by atoms with Gasteiger partial charge in [0.25, 0.3) is 23.4 Å². The highest BCUT2D eigenvalue weighted by Gasteiger charge is 2.44. The SMILES string of the molecule is Cc1ccc(C(=O)N2CCN(C(=O)c3ccncc3)C2C(=O)NC(CC(=O)O)c2cccc([N+](=O)[O-])c2)cc1. The number of pyridine rings is 1. The molecule has 200 valence electrons. The maximum Gasteiger partial charge on any atom is 0.305 e. The van der Waals surface area contributed by atoms with E-state index < -0.39 is 47.2 Å². The van der Waals surface area contributed by atoms with E-state index in [2.05, 4.69) is 10.3 Å². The number of amides is 3. The smallest absolute Gasteiger partial charge is 0.305 e. The van der Waals surface area contributed by atoms with E-state index in [1.54, 1.807) is 24.3 Å². The molecule has 1 saturated heterocycles. The van der Waals surface area contributed by atoms with Crippen LogP contribution in [0.5, 0.6) is 0 Å². The third-order valence-corrected chi connectivity index (χ3v) is 6.33. The number of carboxylic acids is 1. The number of nitro groups is 1. The van der Waals surface area contributed by atoms with Crippen molar-refractivity contribution >= 4 is 29.4 Å². The molecule has 0 aliphatic carbocycles. The van der Waals surface area contributed by atoms with Gasteiger partial charge >= 0.3 is 5.97 Å². The van der Waals surface area contributed by atoms with Crippen LogP contribution in [0.2, 0.25) is 0 Å². The van der Waals surface area contributed by atoms with E-state index in [4.69, 9.17) is 0 Å². The number of benzene rings is 2. The maximum absolute atomic E-state index is 13.7. The van der Waals surface area contributed by atoms with Crippen molar-refractivity contribution in [1.29, 1.82) is 0 Å². The lowest BCUT2D eigenvalue weighted by atomic mass is 10.0. The summed E-state index contributed by atoms with van der Waals surface area (Å²) in [6, 6.07) is 13.8. The number of aromatic nitrogens is 1. The number of nitro benzene ring substituents is 1. The predicted molar refractivity (Wildman–Crippen MR) is 138 cm³/mol. The lowest BCUT2D eigenvalue weighted by molar-refractivity contribution is -0.384. The number of carbonyl (C=O) groups excluding carboxylic acids is 3. The molecular formula is C27H25N5O7. The second kappa shape index (κ2) is 11.5. The first kappa shape index (κ1) is 26.9. The van der Waals surface area contributed by atoms with Gasteiger partial charge in [0.15, 0.2) is 6.17 Å². The van der Waals surface area contributed by atoms with Crippen LogP contribution in [0, 0.1) is 17.0 Å². The molecule has 39 heavy (non-hydrogen) atoms. The molecule has 1 aliphatic heterocycles. The summed E-state index contributed by atoms with van der Waals surface area (Å²) in [5.41, 5.74) is 1.43. The van der Waals surface area contributed by atoms with Crippen LogP contribution in [0.25, 0.3) is 0 Å². The molecule has 2 unspecified atom stereocenters. The number of rotatable bonds is 8. The van der Waals surface area contributed by atoms with Gasteiger partial charge in [0, 0.05) is 48.7 Å². The third-order valence-electron chi connectivity index (χ3n) is 6.33. The van der Waals surface area contributed by atoms with Crippen molar-refractivity contribution in [1.82, 2.24) is 20.1 Å². The van der Waals surface area contributed by atoms with Crippen molar-refractivity contribution in [2.24, 2.45) is 0 Å². The zero-order valence-corrected chi connectivity index (χ0v) is 20.9. The molecule has 0 radical (unpaired) electrons. The molecular weight excluding hydrogens is 506 g/mol. The van der Waals surface area contributed by atoms with Gasteiger partial charge in [0.05, 0.1) is 17.4 Å². The Bertz CT molecular complexity index is 1410. The molecule has 1 fully saturated rings. The zero-order chi connectivity index (χ0) is 28.1. The normalized spacial score (nSPS) is 15.5. The van der Waals surface area contributed by atoms with Crippen LogP contribution >= 0.6 is 0 Å². The molecule has 1 aromatic heterocycles. The van der Waals surface area contributed by atoms with Gasteiger partial charge in [-0.05, 0) is 36.8 Å². The van der Waals surface area contributed by atoms with E-state index in [1.807, 2.05) is 6.92 Å². The summed E-state index contributed by atoms with van der Waals surface area (Å²) < 4.78 is 0. The van der Waals surface area contributed by atoms with Crippen molar-refractivity contribution in [3.05, 3.63) is 105 Å². The largest absolute Gasteiger partial charge is 0.481 e. The first-order valence-corrected chi connectivity index (χ1v) is 12.0. The van der Waals surface area contributed by atoms with E-state index in [1.165, 1.54) is 58.6 Å². The summed E-state index contributed by atoms with van der Waals surface area (Å²) in [5.74, 6) is -3.05. The molecule has 2 N–H and O–H groups in total. The number of nitrogens with zero attached hydrogens (tertiary/aromatic N) is 4. The minimum atomic E-state index is -1.39. The quantitative estimate of drug-likeness (QED) is 0.331. The number of aryl methyl sites for hydroxylation is 1. The van der Waals surface area contributed by atoms with Crippen LogP contribution < -0.4 is 5.32 Å². The molecule has 0 saturated carbocycles. The zero-order valence-electron chi connectivity index (χ0n) is 20.9. The summed E-state index contributed by atoms with van der Waals surface area (Å²) in [6.07, 6.45) is 0.885. The van der Waals surface area contributed by atoms with E-state index >= 15 is 0 Å². The Morgan fingerprint density at radius 1 is 1.00 bits per heavy atom. The average Bonchev–Trinajstić information content (AvgIpc) is 3.38. The highest BCUT2D eigenvalue weighted by Crippen LogP contribution is 2.25. The monoisotopic (exact) mass is 531 g/mol. The van der Waals surface area contributed by atoms with Crippen LogP contribution in [0.1, 0.15) is 44.3 Å². The van der Waals surface area contributed by atoms with Gasteiger partial charge < -0.3 is 20.2 Å². The van der Waals surface area contributed by atoms with E-state index in [0.717, 1.165) is 5.56 Å². The van der Waals surface area contributed by atoms with Gasteiger partial charge in [-0.1, -0.05) is 29.8 Å². The van der Waals surface area contributed by atoms with Crippen LogP contribution in [0.3, 0.4) is 0 Å². The molecule has 2 atom stereocenters. The molecule has 2 aromatic carbocycles. The van der Waals surface area contributed by atoms with E-state index in [0.29, 0.717) is 5.56 Å². The van der Waals surface area contributed by atoms with Gasteiger partial charge in [-0.25, -0.2) is 0 Å². The summed E-state index contributed by atoms with van der Waals surface area (Å²) in [5, 5.41) is 23.4. The topological polar surface area (TPSA) is 163 Å². The molecule has 2 heterocycles. The van der Waals surface area contributed by atoms with E-state index in [-0.39, 0.29) is 29.9 Å². The Kier molecular flexibility index (Phi) is 7.94. The minimum absolute atomic E-state index is 0.0528. The molecule has 12 heteroatoms. The number of hydrogen-bond donors (Lipinski definition) is 2. The highest BCUT2D eigenvalue weighted by molar-refractivity contribution is 6.02. The van der Waals surface area contributed by atoms with Gasteiger partial charge in [-0.2, -0.15) is 0 Å². The van der Waals surface area contributed by atoms with Crippen LogP contribution in [-0.2, 0) is 9.59 Å². The Balaban J connectivity index is 1.69. The van der Waals surface area contributed by atoms with Crippen LogP contribution in [-0.4, -0.2) is 67.8 Å². The molecule has 3 aromatic rings. The van der Waals surface area contributed by atoms with Crippen molar-refractivity contribution in [3.63, 3.8) is 0 Å². The minimum Gasteiger partial charge on any atom is -0.481 e. The number of non-ortho nitro benzene ring substituents is 1. The van der Waals surface area contributed by atoms with E-state index in [9.17, 15) is 34.4 Å². The summed E-state index contributed by atoms with van der Waals surface area (Å²) in [6.45, 7) is 1.98. The van der Waals surface area contributed by atoms with Crippen molar-refractivity contribution in [2.45, 2.75) is 25.6 Å². The van der Waals surface area contributed by atoms with Gasteiger partial charge in [-0.3, -0.25) is 34.3 Å². The maximum atomic E-state index is 13.7. The molecule has 1 aliphatic rings. The number of carbonyl (C=O) groups is 4. The Morgan fingerprint density at radius 2 is 1.59 bits per heavy atom. The number of aliphatic carboxylic acids is 1. The molecule has 3 amide bonds.